The second-order valence-electron chi connectivity index (χ2n) is 3.14. The van der Waals surface area contributed by atoms with Crippen LogP contribution >= 0.6 is 0 Å². The standard InChI is InChI=1S/C11H11FN2O/c1-15-8-9-6-7-14(13-9)11-5-3-2-4-10(11)12/h2-7H,8H2,1H3. The number of methoxy groups -OCH3 is 1. The fraction of sp³-hybridized carbons (Fsp3) is 0.182. The maximum absolute atomic E-state index is 13.4. The SMILES string of the molecule is COCc1ccn(-c2ccccc2F)n1. The van der Waals surface area contributed by atoms with Crippen LogP contribution in [0.3, 0.4) is 0 Å². The third-order valence-corrected chi connectivity index (χ3v) is 2.04. The van der Waals surface area contributed by atoms with Crippen LogP contribution < -0.4 is 0 Å². The van der Waals surface area contributed by atoms with Crippen LogP contribution in [0.25, 0.3) is 5.69 Å². The van der Waals surface area contributed by atoms with Crippen molar-refractivity contribution in [1.29, 1.82) is 0 Å². The van der Waals surface area contributed by atoms with Gasteiger partial charge in [0.1, 0.15) is 11.5 Å². The summed E-state index contributed by atoms with van der Waals surface area (Å²) in [5.74, 6) is -0.287. The molecule has 3 nitrogen and oxygen atoms in total. The molecule has 2 rings (SSSR count). The van der Waals surface area contributed by atoms with Crippen LogP contribution in [0.4, 0.5) is 4.39 Å². The number of hydrogen-bond donors (Lipinski definition) is 0. The highest BCUT2D eigenvalue weighted by Gasteiger charge is 2.04. The predicted octanol–water partition coefficient (Wildman–Crippen LogP) is 2.16. The van der Waals surface area contributed by atoms with Crippen molar-refractivity contribution in [1.82, 2.24) is 9.78 Å². The number of aromatic nitrogens is 2. The van der Waals surface area contributed by atoms with Crippen molar-refractivity contribution >= 4 is 0 Å². The van der Waals surface area contributed by atoms with Crippen molar-refractivity contribution in [3.63, 3.8) is 0 Å². The summed E-state index contributed by atoms with van der Waals surface area (Å²) in [6.45, 7) is 0.432. The Morgan fingerprint density at radius 3 is 2.87 bits per heavy atom. The largest absolute Gasteiger partial charge is 0.378 e. The molecule has 0 fully saturated rings. The molecule has 2 aromatic rings. The zero-order chi connectivity index (χ0) is 10.7. The summed E-state index contributed by atoms with van der Waals surface area (Å²) in [4.78, 5) is 0. The van der Waals surface area contributed by atoms with E-state index < -0.39 is 0 Å². The van der Waals surface area contributed by atoms with Gasteiger partial charge in [0.05, 0.1) is 12.3 Å². The summed E-state index contributed by atoms with van der Waals surface area (Å²) in [5.41, 5.74) is 1.22. The lowest BCUT2D eigenvalue weighted by atomic mass is 10.3. The smallest absolute Gasteiger partial charge is 0.148 e. The van der Waals surface area contributed by atoms with E-state index in [4.69, 9.17) is 4.74 Å². The van der Waals surface area contributed by atoms with Crippen molar-refractivity contribution in [3.8, 4) is 5.69 Å². The minimum Gasteiger partial charge on any atom is -0.378 e. The molecule has 0 aliphatic carbocycles. The predicted molar refractivity (Wildman–Crippen MR) is 54.2 cm³/mol. The fourth-order valence-electron chi connectivity index (χ4n) is 1.36. The lowest BCUT2D eigenvalue weighted by molar-refractivity contribution is 0.181. The molecule has 1 heterocycles. The molecule has 0 aliphatic heterocycles. The van der Waals surface area contributed by atoms with Crippen molar-refractivity contribution < 1.29 is 9.13 Å². The highest BCUT2D eigenvalue weighted by molar-refractivity contribution is 5.32. The first-order chi connectivity index (χ1) is 7.31. The molecule has 0 N–H and O–H groups in total. The fourth-order valence-corrected chi connectivity index (χ4v) is 1.36. The third-order valence-electron chi connectivity index (χ3n) is 2.04. The Bertz CT molecular complexity index is 453. The second-order valence-corrected chi connectivity index (χ2v) is 3.14. The van der Waals surface area contributed by atoms with Crippen LogP contribution in [0.1, 0.15) is 5.69 Å². The van der Waals surface area contributed by atoms with Gasteiger partial charge in [0.2, 0.25) is 0 Å². The number of ether oxygens (including phenoxy) is 1. The summed E-state index contributed by atoms with van der Waals surface area (Å²) in [6, 6.07) is 8.32. The van der Waals surface area contributed by atoms with Crippen LogP contribution in [0.2, 0.25) is 0 Å². The van der Waals surface area contributed by atoms with Gasteiger partial charge in [-0.2, -0.15) is 5.10 Å². The van der Waals surface area contributed by atoms with Crippen molar-refractivity contribution in [2.24, 2.45) is 0 Å². The molecule has 0 saturated carbocycles. The number of halogens is 1. The Morgan fingerprint density at radius 2 is 2.13 bits per heavy atom. The van der Waals surface area contributed by atoms with Gasteiger partial charge in [-0.3, -0.25) is 0 Å². The van der Waals surface area contributed by atoms with E-state index in [0.717, 1.165) is 5.69 Å². The van der Waals surface area contributed by atoms with Crippen LogP contribution in [-0.4, -0.2) is 16.9 Å². The van der Waals surface area contributed by atoms with Crippen LogP contribution in [0, 0.1) is 5.82 Å². The molecule has 0 atom stereocenters. The summed E-state index contributed by atoms with van der Waals surface area (Å²) in [6.07, 6.45) is 1.72. The maximum Gasteiger partial charge on any atom is 0.148 e. The first-order valence-electron chi connectivity index (χ1n) is 4.59. The van der Waals surface area contributed by atoms with E-state index in [0.29, 0.717) is 12.3 Å². The van der Waals surface area contributed by atoms with Gasteiger partial charge in [-0.05, 0) is 18.2 Å². The number of rotatable bonds is 3. The second kappa shape index (κ2) is 4.23. The highest BCUT2D eigenvalue weighted by atomic mass is 19.1. The van der Waals surface area contributed by atoms with Crippen LogP contribution in [0.5, 0.6) is 0 Å². The number of para-hydroxylation sites is 1. The van der Waals surface area contributed by atoms with Gasteiger partial charge in [-0.25, -0.2) is 9.07 Å². The minimum absolute atomic E-state index is 0.287. The normalized spacial score (nSPS) is 10.5. The molecule has 0 unspecified atom stereocenters. The molecule has 0 radical (unpaired) electrons. The van der Waals surface area contributed by atoms with E-state index in [1.807, 2.05) is 0 Å². The Balaban J connectivity index is 2.33. The van der Waals surface area contributed by atoms with Gasteiger partial charge < -0.3 is 4.74 Å². The lowest BCUT2D eigenvalue weighted by Crippen LogP contribution is -1.99. The molecule has 4 heteroatoms. The molecule has 0 spiro atoms. The topological polar surface area (TPSA) is 27.1 Å². The molecule has 0 amide bonds. The molecule has 0 aliphatic rings. The van der Waals surface area contributed by atoms with Gasteiger partial charge in [0.25, 0.3) is 0 Å². The quantitative estimate of drug-likeness (QED) is 0.769. The summed E-state index contributed by atoms with van der Waals surface area (Å²) >= 11 is 0. The van der Waals surface area contributed by atoms with Gasteiger partial charge >= 0.3 is 0 Å². The zero-order valence-electron chi connectivity index (χ0n) is 8.35. The van der Waals surface area contributed by atoms with Crippen molar-refractivity contribution in [3.05, 3.63) is 48.0 Å². The summed E-state index contributed by atoms with van der Waals surface area (Å²) in [7, 11) is 1.60. The van der Waals surface area contributed by atoms with Crippen LogP contribution in [-0.2, 0) is 11.3 Å². The number of benzene rings is 1. The number of nitrogens with zero attached hydrogens (tertiary/aromatic N) is 2. The number of hydrogen-bond acceptors (Lipinski definition) is 2. The van der Waals surface area contributed by atoms with E-state index in [9.17, 15) is 4.39 Å². The Hall–Kier alpha value is -1.68. The average molecular weight is 206 g/mol. The summed E-state index contributed by atoms with van der Waals surface area (Å²) in [5, 5.41) is 4.18. The van der Waals surface area contributed by atoms with Gasteiger partial charge in [-0.15, -0.1) is 0 Å². The molecular weight excluding hydrogens is 195 g/mol. The zero-order valence-corrected chi connectivity index (χ0v) is 8.35. The van der Waals surface area contributed by atoms with Crippen molar-refractivity contribution in [2.45, 2.75) is 6.61 Å². The molecular formula is C11H11FN2O. The monoisotopic (exact) mass is 206 g/mol. The van der Waals surface area contributed by atoms with Gasteiger partial charge in [0, 0.05) is 13.3 Å². The molecule has 1 aromatic carbocycles. The maximum atomic E-state index is 13.4. The Kier molecular flexibility index (Phi) is 2.78. The molecule has 1 aromatic heterocycles. The Labute approximate surface area is 87.1 Å². The van der Waals surface area contributed by atoms with E-state index in [1.54, 1.807) is 37.6 Å². The molecule has 15 heavy (non-hydrogen) atoms. The van der Waals surface area contributed by atoms with Crippen molar-refractivity contribution in [2.75, 3.05) is 7.11 Å². The lowest BCUT2D eigenvalue weighted by Gasteiger charge is -2.01. The third kappa shape index (κ3) is 2.05. The first-order valence-corrected chi connectivity index (χ1v) is 4.59. The van der Waals surface area contributed by atoms with Gasteiger partial charge in [0.15, 0.2) is 0 Å². The Morgan fingerprint density at radius 1 is 1.33 bits per heavy atom. The van der Waals surface area contributed by atoms with E-state index in [2.05, 4.69) is 5.10 Å². The van der Waals surface area contributed by atoms with E-state index in [1.165, 1.54) is 10.7 Å². The minimum atomic E-state index is -0.287. The van der Waals surface area contributed by atoms with E-state index >= 15 is 0 Å². The molecule has 78 valence electrons. The van der Waals surface area contributed by atoms with E-state index in [-0.39, 0.29) is 5.82 Å². The highest BCUT2D eigenvalue weighted by Crippen LogP contribution is 2.12. The molecule has 0 saturated heterocycles. The first kappa shape index (κ1) is 9.86. The van der Waals surface area contributed by atoms with Gasteiger partial charge in [-0.1, -0.05) is 12.1 Å². The van der Waals surface area contributed by atoms with Crippen LogP contribution in [0.15, 0.2) is 36.5 Å². The average Bonchev–Trinajstić information content (AvgIpc) is 2.68. The molecule has 0 bridgehead atoms. The summed E-state index contributed by atoms with van der Waals surface area (Å²) < 4.78 is 19.8.